The fraction of sp³-hybridized carbons (Fsp3) is 0.320. The average molecular weight is 495 g/mol. The molecule has 10 heteroatoms. The Morgan fingerprint density at radius 3 is 2.77 bits per heavy atom. The number of aryl methyl sites for hydroxylation is 1. The van der Waals surface area contributed by atoms with Gasteiger partial charge >= 0.3 is 0 Å². The molecule has 0 radical (unpaired) electrons. The topological polar surface area (TPSA) is 114 Å². The molecule has 0 bridgehead atoms. The van der Waals surface area contributed by atoms with Crippen LogP contribution in [0.2, 0.25) is 5.02 Å². The first kappa shape index (κ1) is 22.2. The van der Waals surface area contributed by atoms with Crippen LogP contribution in [-0.2, 0) is 15.9 Å². The monoisotopic (exact) mass is 494 g/mol. The van der Waals surface area contributed by atoms with E-state index < -0.39 is 5.79 Å². The molecule has 4 aromatic rings. The Hall–Kier alpha value is -3.27. The summed E-state index contributed by atoms with van der Waals surface area (Å²) >= 11 is 6.04. The predicted molar refractivity (Wildman–Crippen MR) is 132 cm³/mol. The van der Waals surface area contributed by atoms with Crippen molar-refractivity contribution in [2.24, 2.45) is 0 Å². The largest absolute Gasteiger partial charge is 0.383 e. The Kier molecular flexibility index (Phi) is 5.00. The number of ether oxygens (including phenoxy) is 2. The third-order valence-electron chi connectivity index (χ3n) is 6.72. The van der Waals surface area contributed by atoms with E-state index in [1.165, 1.54) is 12.4 Å². The maximum absolute atomic E-state index is 14.9. The van der Waals surface area contributed by atoms with Gasteiger partial charge in [0.2, 0.25) is 0 Å². The summed E-state index contributed by atoms with van der Waals surface area (Å²) < 4.78 is 29.5. The first-order valence-corrected chi connectivity index (χ1v) is 11.8. The zero-order valence-corrected chi connectivity index (χ0v) is 20.0. The Morgan fingerprint density at radius 2 is 1.94 bits per heavy atom. The maximum Gasteiger partial charge on any atom is 0.164 e. The second kappa shape index (κ2) is 7.87. The van der Waals surface area contributed by atoms with Crippen molar-refractivity contribution in [2.75, 3.05) is 11.5 Å². The second-order valence-corrected chi connectivity index (χ2v) is 9.87. The number of nitrogens with zero attached hydrogens (tertiary/aromatic N) is 4. The maximum atomic E-state index is 14.9. The van der Waals surface area contributed by atoms with E-state index in [1.807, 2.05) is 30.7 Å². The number of rotatable bonds is 4. The molecule has 3 aromatic heterocycles. The molecule has 1 saturated heterocycles. The van der Waals surface area contributed by atoms with E-state index in [-0.39, 0.29) is 29.9 Å². The number of benzene rings is 1. The van der Waals surface area contributed by atoms with Gasteiger partial charge in [-0.1, -0.05) is 17.7 Å². The van der Waals surface area contributed by atoms with E-state index in [0.29, 0.717) is 40.1 Å². The lowest BCUT2D eigenvalue weighted by Crippen LogP contribution is -2.27. The number of hydrogen-bond donors (Lipinski definition) is 2. The number of halogens is 2. The molecule has 4 N–H and O–H groups in total. The first-order chi connectivity index (χ1) is 16.7. The lowest BCUT2D eigenvalue weighted by Gasteiger charge is -2.22. The first-order valence-electron chi connectivity index (χ1n) is 11.4. The summed E-state index contributed by atoms with van der Waals surface area (Å²) in [5.41, 5.74) is 14.8. The highest BCUT2D eigenvalue weighted by molar-refractivity contribution is 6.33. The summed E-state index contributed by atoms with van der Waals surface area (Å²) in [4.78, 5) is 12.8. The fourth-order valence-electron chi connectivity index (χ4n) is 5.13. The van der Waals surface area contributed by atoms with Gasteiger partial charge in [0.05, 0.1) is 22.0 Å². The molecule has 0 saturated carbocycles. The Labute approximate surface area is 205 Å². The highest BCUT2D eigenvalue weighted by Crippen LogP contribution is 2.45. The summed E-state index contributed by atoms with van der Waals surface area (Å²) in [5, 5.41) is 1.71. The molecule has 1 aliphatic heterocycles. The minimum absolute atomic E-state index is 0.145. The van der Waals surface area contributed by atoms with Crippen LogP contribution in [-0.4, -0.2) is 37.5 Å². The molecule has 0 spiro atoms. The van der Waals surface area contributed by atoms with Gasteiger partial charge in [0, 0.05) is 11.6 Å². The molecule has 3 atom stereocenters. The van der Waals surface area contributed by atoms with Crippen LogP contribution >= 0.6 is 11.6 Å². The number of nitrogens with two attached hydrogens (primary N) is 2. The molecular weight excluding hydrogens is 471 g/mol. The zero-order chi connectivity index (χ0) is 24.5. The molecule has 0 unspecified atom stereocenters. The van der Waals surface area contributed by atoms with Crippen LogP contribution < -0.4 is 11.5 Å². The average Bonchev–Trinajstić information content (AvgIpc) is 3.45. The Bertz CT molecular complexity index is 1520. The van der Waals surface area contributed by atoms with E-state index in [9.17, 15) is 4.39 Å². The summed E-state index contributed by atoms with van der Waals surface area (Å²) in [6.45, 7) is 3.80. The van der Waals surface area contributed by atoms with E-state index in [4.69, 9.17) is 32.5 Å². The minimum Gasteiger partial charge on any atom is -0.383 e. The third-order valence-corrected chi connectivity index (χ3v) is 7.03. The Balaban J connectivity index is 1.33. The van der Waals surface area contributed by atoms with Crippen molar-refractivity contribution < 1.29 is 13.9 Å². The molecule has 8 nitrogen and oxygen atoms in total. The van der Waals surface area contributed by atoms with Gasteiger partial charge in [0.15, 0.2) is 5.79 Å². The predicted octanol–water partition coefficient (Wildman–Crippen LogP) is 4.57. The van der Waals surface area contributed by atoms with Crippen LogP contribution in [0.5, 0.6) is 0 Å². The van der Waals surface area contributed by atoms with Crippen molar-refractivity contribution in [3.05, 3.63) is 64.8 Å². The van der Waals surface area contributed by atoms with Gasteiger partial charge in [0.1, 0.15) is 41.6 Å². The number of anilines is 2. The molecule has 0 amide bonds. The third kappa shape index (κ3) is 3.71. The van der Waals surface area contributed by atoms with Crippen molar-refractivity contribution in [3.8, 4) is 0 Å². The fourth-order valence-corrected chi connectivity index (χ4v) is 5.29. The quantitative estimate of drug-likeness (QED) is 0.399. The number of pyridine rings is 1. The smallest absolute Gasteiger partial charge is 0.164 e. The van der Waals surface area contributed by atoms with E-state index >= 15 is 0 Å². The van der Waals surface area contributed by atoms with E-state index in [1.54, 1.807) is 12.1 Å². The number of fused-ring (bicyclic) bond motifs is 3. The van der Waals surface area contributed by atoms with Crippen molar-refractivity contribution in [2.45, 2.75) is 50.7 Å². The standard InChI is InChI=1S/C25H24ClFN6O2/c1-25(2)34-20-13(4-3-12-9-18-14(8-17(12)27)7-16(26)23(29)32-18)10-19(21(20)35-25)33-6-5-15-22(28)30-11-31-24(15)33/h5-11,19-21H,3-4H2,1-2H3,(H2,29,32)(H2,28,30,31)/t19-,20-,21+/m1/s1. The van der Waals surface area contributed by atoms with Gasteiger partial charge in [0.25, 0.3) is 0 Å². The minimum atomic E-state index is -0.737. The second-order valence-electron chi connectivity index (χ2n) is 9.46. The van der Waals surface area contributed by atoms with Crippen LogP contribution in [0.15, 0.2) is 48.4 Å². The van der Waals surface area contributed by atoms with Gasteiger partial charge < -0.3 is 25.5 Å². The van der Waals surface area contributed by atoms with E-state index in [2.05, 4.69) is 21.0 Å². The molecular formula is C25H24ClFN6O2. The molecule has 6 rings (SSSR count). The highest BCUT2D eigenvalue weighted by Gasteiger charge is 2.50. The van der Waals surface area contributed by atoms with Crippen molar-refractivity contribution in [1.82, 2.24) is 19.5 Å². The molecule has 4 heterocycles. The summed E-state index contributed by atoms with van der Waals surface area (Å²) in [6.07, 6.45) is 6.11. The van der Waals surface area contributed by atoms with Gasteiger partial charge in [-0.05, 0) is 62.1 Å². The lowest BCUT2D eigenvalue weighted by atomic mass is 10.0. The van der Waals surface area contributed by atoms with E-state index in [0.717, 1.165) is 16.6 Å². The van der Waals surface area contributed by atoms with Crippen LogP contribution in [0.1, 0.15) is 31.9 Å². The molecule has 1 aromatic carbocycles. The highest BCUT2D eigenvalue weighted by atomic mass is 35.5. The van der Waals surface area contributed by atoms with Crippen molar-refractivity contribution >= 4 is 45.2 Å². The van der Waals surface area contributed by atoms with Gasteiger partial charge in [-0.25, -0.2) is 19.3 Å². The SMILES string of the molecule is CC1(C)O[C@@H]2[C@H](O1)C(CCc1cc3nc(N)c(Cl)cc3cc1F)=C[C@H]2n1ccc2c(N)ncnc21. The Morgan fingerprint density at radius 1 is 1.11 bits per heavy atom. The van der Waals surface area contributed by atoms with Crippen LogP contribution in [0.25, 0.3) is 21.9 Å². The van der Waals surface area contributed by atoms with Gasteiger partial charge in [-0.15, -0.1) is 0 Å². The molecule has 2 aliphatic rings. The normalized spacial score (nSPS) is 23.2. The summed E-state index contributed by atoms with van der Waals surface area (Å²) in [7, 11) is 0. The lowest BCUT2D eigenvalue weighted by molar-refractivity contribution is -0.147. The summed E-state index contributed by atoms with van der Waals surface area (Å²) in [5.74, 6) is -0.389. The van der Waals surface area contributed by atoms with Crippen LogP contribution in [0.4, 0.5) is 16.0 Å². The number of aromatic nitrogens is 4. The van der Waals surface area contributed by atoms with Gasteiger partial charge in [-0.2, -0.15) is 0 Å². The molecule has 1 fully saturated rings. The molecule has 180 valence electrons. The number of hydrogen-bond acceptors (Lipinski definition) is 7. The summed E-state index contributed by atoms with van der Waals surface area (Å²) in [6, 6.07) is 6.57. The van der Waals surface area contributed by atoms with Crippen molar-refractivity contribution in [3.63, 3.8) is 0 Å². The van der Waals surface area contributed by atoms with Gasteiger partial charge in [-0.3, -0.25) is 0 Å². The van der Waals surface area contributed by atoms with Crippen LogP contribution in [0, 0.1) is 5.82 Å². The molecule has 1 aliphatic carbocycles. The number of nitrogen functional groups attached to an aromatic ring is 2. The molecule has 35 heavy (non-hydrogen) atoms. The zero-order valence-electron chi connectivity index (χ0n) is 19.2. The van der Waals surface area contributed by atoms with Crippen molar-refractivity contribution in [1.29, 1.82) is 0 Å². The van der Waals surface area contributed by atoms with Crippen LogP contribution in [0.3, 0.4) is 0 Å².